The molecular weight excluding hydrogens is 531 g/mol. The molecule has 1 amide bonds. The molecule has 0 radical (unpaired) electrons. The average molecular weight is 558 g/mol. The maximum Gasteiger partial charge on any atom is 0.432 e. The molecule has 38 heavy (non-hydrogen) atoms. The van der Waals surface area contributed by atoms with Gasteiger partial charge in [-0.1, -0.05) is 29.8 Å². The SMILES string of the molecule is Cc1ccc(C2=CC(C(F)(F)F)NN2c2ccc(N(C)SONC(=O)OCCCCO[N+](=O)[O-])cc2)cc1. The lowest BCUT2D eigenvalue weighted by molar-refractivity contribution is -0.757. The van der Waals surface area contributed by atoms with Crippen molar-refractivity contribution in [1.29, 1.82) is 0 Å². The molecule has 0 aliphatic carbocycles. The molecule has 2 N–H and O–H groups in total. The van der Waals surface area contributed by atoms with Crippen LogP contribution in [-0.4, -0.2) is 43.7 Å². The van der Waals surface area contributed by atoms with E-state index in [2.05, 4.69) is 15.7 Å². The van der Waals surface area contributed by atoms with Crippen LogP contribution >= 0.6 is 12.2 Å². The zero-order valence-corrected chi connectivity index (χ0v) is 21.3. The Balaban J connectivity index is 1.52. The van der Waals surface area contributed by atoms with Crippen LogP contribution in [0.3, 0.4) is 0 Å². The zero-order chi connectivity index (χ0) is 27.7. The lowest BCUT2D eigenvalue weighted by Crippen LogP contribution is -2.44. The Labute approximate surface area is 220 Å². The van der Waals surface area contributed by atoms with Crippen molar-refractivity contribution < 1.29 is 36.9 Å². The van der Waals surface area contributed by atoms with E-state index in [0.29, 0.717) is 35.5 Å². The van der Waals surface area contributed by atoms with Gasteiger partial charge < -0.3 is 9.57 Å². The monoisotopic (exact) mass is 557 g/mol. The van der Waals surface area contributed by atoms with Gasteiger partial charge in [-0.05, 0) is 55.7 Å². The van der Waals surface area contributed by atoms with Gasteiger partial charge in [-0.3, -0.25) is 9.31 Å². The number of carbonyl (C=O) groups is 1. The second-order valence-corrected chi connectivity index (χ2v) is 8.94. The first kappa shape index (κ1) is 28.9. The predicted molar refractivity (Wildman–Crippen MR) is 135 cm³/mol. The van der Waals surface area contributed by atoms with Crippen molar-refractivity contribution in [1.82, 2.24) is 10.9 Å². The van der Waals surface area contributed by atoms with Gasteiger partial charge in [0.2, 0.25) is 0 Å². The molecule has 11 nitrogen and oxygen atoms in total. The number of aryl methyl sites for hydroxylation is 1. The van der Waals surface area contributed by atoms with Crippen molar-refractivity contribution in [3.8, 4) is 0 Å². The quantitative estimate of drug-likeness (QED) is 0.122. The van der Waals surface area contributed by atoms with E-state index in [1.54, 1.807) is 47.8 Å². The Kier molecular flexibility index (Phi) is 10.0. The first-order valence-electron chi connectivity index (χ1n) is 11.3. The van der Waals surface area contributed by atoms with Crippen LogP contribution in [0.4, 0.5) is 29.3 Å². The maximum absolute atomic E-state index is 13.5. The van der Waals surface area contributed by atoms with E-state index in [1.165, 1.54) is 5.01 Å². The number of halogens is 3. The highest BCUT2D eigenvalue weighted by Gasteiger charge is 2.43. The van der Waals surface area contributed by atoms with Gasteiger partial charge in [-0.25, -0.2) is 10.2 Å². The molecule has 3 rings (SSSR count). The maximum atomic E-state index is 13.5. The topological polar surface area (TPSA) is 118 Å². The molecular formula is C23H26F3N5O6S. The van der Waals surface area contributed by atoms with Gasteiger partial charge in [-0.2, -0.15) is 22.9 Å². The van der Waals surface area contributed by atoms with E-state index in [4.69, 9.17) is 9.02 Å². The number of benzene rings is 2. The molecule has 1 unspecified atom stereocenters. The molecule has 0 saturated carbocycles. The third kappa shape index (κ3) is 8.43. The van der Waals surface area contributed by atoms with Gasteiger partial charge in [0.05, 0.1) is 24.6 Å². The number of hydroxylamine groups is 1. The standard InChI is InChI=1S/C23H26F3N5O6S/c1-16-5-7-17(8-6-16)20-15-21(23(24,25)26)27-30(20)19-11-9-18(10-12-19)29(2)38-37-28-22(32)35-13-3-4-14-36-31(33)34/h5-12,15,21,27H,3-4,13-14H2,1-2H3,(H,28,32). The van der Waals surface area contributed by atoms with Crippen LogP contribution in [0.2, 0.25) is 0 Å². The lowest BCUT2D eigenvalue weighted by Gasteiger charge is -2.26. The third-order valence-corrected chi connectivity index (χ3v) is 5.84. The van der Waals surface area contributed by atoms with E-state index < -0.39 is 23.4 Å². The molecule has 0 bridgehead atoms. The second-order valence-electron chi connectivity index (χ2n) is 8.08. The van der Waals surface area contributed by atoms with Gasteiger partial charge in [0, 0.05) is 12.7 Å². The minimum absolute atomic E-state index is 0.0248. The van der Waals surface area contributed by atoms with E-state index in [9.17, 15) is 28.1 Å². The number of hydrogen-bond acceptors (Lipinski definition) is 10. The van der Waals surface area contributed by atoms with Crippen molar-refractivity contribution in [3.63, 3.8) is 0 Å². The van der Waals surface area contributed by atoms with Gasteiger partial charge in [0.15, 0.2) is 0 Å². The number of unbranched alkanes of at least 4 members (excludes halogenated alkanes) is 1. The molecule has 0 saturated heterocycles. The minimum Gasteiger partial charge on any atom is -0.448 e. The van der Waals surface area contributed by atoms with Crippen LogP contribution in [0.1, 0.15) is 24.0 Å². The summed E-state index contributed by atoms with van der Waals surface area (Å²) in [6, 6.07) is 12.1. The molecule has 2 aromatic rings. The molecule has 0 aromatic heterocycles. The molecule has 0 fully saturated rings. The first-order chi connectivity index (χ1) is 18.0. The summed E-state index contributed by atoms with van der Waals surface area (Å²) in [5, 5.41) is 10.5. The number of ether oxygens (including phenoxy) is 1. The van der Waals surface area contributed by atoms with Crippen LogP contribution in [0.25, 0.3) is 5.70 Å². The van der Waals surface area contributed by atoms with Gasteiger partial charge in [-0.15, -0.1) is 10.1 Å². The van der Waals surface area contributed by atoms with Crippen molar-refractivity contribution >= 4 is 35.4 Å². The summed E-state index contributed by atoms with van der Waals surface area (Å²) in [6.07, 6.45) is -3.43. The van der Waals surface area contributed by atoms with Gasteiger partial charge >= 0.3 is 12.3 Å². The lowest BCUT2D eigenvalue weighted by atomic mass is 10.1. The summed E-state index contributed by atoms with van der Waals surface area (Å²) in [5.41, 5.74) is 7.76. The Morgan fingerprint density at radius 3 is 2.45 bits per heavy atom. The summed E-state index contributed by atoms with van der Waals surface area (Å²) >= 11 is 0.786. The molecule has 15 heteroatoms. The van der Waals surface area contributed by atoms with E-state index >= 15 is 0 Å². The normalized spacial score (nSPS) is 15.1. The number of hydrazine groups is 1. The molecule has 1 aliphatic rings. The highest BCUT2D eigenvalue weighted by molar-refractivity contribution is 7.96. The molecule has 1 atom stereocenters. The first-order valence-corrected chi connectivity index (χ1v) is 12.0. The third-order valence-electron chi connectivity index (χ3n) is 5.25. The Bertz CT molecular complexity index is 1120. The Morgan fingerprint density at radius 1 is 1.16 bits per heavy atom. The van der Waals surface area contributed by atoms with Crippen LogP contribution in [-0.2, 0) is 13.9 Å². The number of amides is 1. The predicted octanol–water partition coefficient (Wildman–Crippen LogP) is 4.94. The largest absolute Gasteiger partial charge is 0.448 e. The van der Waals surface area contributed by atoms with Gasteiger partial charge in [0.25, 0.3) is 5.09 Å². The fraction of sp³-hybridized carbons (Fsp3) is 0.348. The number of nitrogens with zero attached hydrogens (tertiary/aromatic N) is 3. The van der Waals surface area contributed by atoms with Crippen LogP contribution in [0.5, 0.6) is 0 Å². The van der Waals surface area contributed by atoms with Crippen LogP contribution in [0, 0.1) is 17.0 Å². The van der Waals surface area contributed by atoms with Crippen molar-refractivity contribution in [3.05, 3.63) is 75.8 Å². The Morgan fingerprint density at radius 2 is 1.82 bits per heavy atom. The highest BCUT2D eigenvalue weighted by Crippen LogP contribution is 2.35. The van der Waals surface area contributed by atoms with E-state index in [1.807, 2.05) is 19.1 Å². The highest BCUT2D eigenvalue weighted by atomic mass is 32.2. The van der Waals surface area contributed by atoms with Crippen molar-refractivity contribution in [2.24, 2.45) is 0 Å². The van der Waals surface area contributed by atoms with E-state index in [0.717, 1.165) is 23.9 Å². The fourth-order valence-electron chi connectivity index (χ4n) is 3.31. The van der Waals surface area contributed by atoms with Crippen molar-refractivity contribution in [2.75, 3.05) is 29.6 Å². The summed E-state index contributed by atoms with van der Waals surface area (Å²) in [6.45, 7) is 1.84. The number of alkyl halides is 3. The Hall–Kier alpha value is -3.69. The number of anilines is 2. The average Bonchev–Trinajstić information content (AvgIpc) is 3.33. The summed E-state index contributed by atoms with van der Waals surface area (Å²) < 4.78 is 51.9. The van der Waals surface area contributed by atoms with Crippen LogP contribution in [0.15, 0.2) is 54.6 Å². The number of carbonyl (C=O) groups excluding carboxylic acids is 1. The molecule has 2 aromatic carbocycles. The summed E-state index contributed by atoms with van der Waals surface area (Å²) in [7, 11) is 1.66. The number of rotatable bonds is 12. The molecule has 206 valence electrons. The smallest absolute Gasteiger partial charge is 0.432 e. The summed E-state index contributed by atoms with van der Waals surface area (Å²) in [4.78, 5) is 25.8. The van der Waals surface area contributed by atoms with E-state index in [-0.39, 0.29) is 13.2 Å². The van der Waals surface area contributed by atoms with Gasteiger partial charge in [0.1, 0.15) is 18.3 Å². The minimum atomic E-state index is -4.46. The molecule has 1 aliphatic heterocycles. The summed E-state index contributed by atoms with van der Waals surface area (Å²) in [5.74, 6) is 0. The fourth-order valence-corrected chi connectivity index (χ4v) is 3.73. The second kappa shape index (κ2) is 13.2. The van der Waals surface area contributed by atoms with Crippen LogP contribution < -0.4 is 20.2 Å². The number of hydrogen-bond donors (Lipinski definition) is 2. The molecule has 1 heterocycles. The zero-order valence-electron chi connectivity index (χ0n) is 20.4. The molecule has 0 spiro atoms. The number of nitrogens with one attached hydrogen (secondary N) is 2. The van der Waals surface area contributed by atoms with Crippen molar-refractivity contribution in [2.45, 2.75) is 32.0 Å².